The largest absolute Gasteiger partial charge is 0.454 e. The SMILES string of the molecule is O=C(CCN1CCCCO1)N1CC[C@@H](c2ccc3c(c2)OCO3)[C@H](O)C1. The van der Waals surface area contributed by atoms with E-state index in [1.807, 2.05) is 23.3 Å². The molecule has 3 aliphatic heterocycles. The van der Waals surface area contributed by atoms with Crippen molar-refractivity contribution in [2.45, 2.75) is 37.7 Å². The molecule has 0 aliphatic carbocycles. The molecule has 1 amide bonds. The molecule has 0 bridgehead atoms. The third kappa shape index (κ3) is 3.79. The van der Waals surface area contributed by atoms with Crippen LogP contribution in [-0.2, 0) is 9.63 Å². The first-order valence-electron chi connectivity index (χ1n) is 9.44. The number of benzene rings is 1. The van der Waals surface area contributed by atoms with E-state index >= 15 is 0 Å². The van der Waals surface area contributed by atoms with Crippen LogP contribution in [0.4, 0.5) is 0 Å². The molecule has 1 aromatic rings. The first-order valence-corrected chi connectivity index (χ1v) is 9.44. The fraction of sp³-hybridized carbons (Fsp3) is 0.632. The van der Waals surface area contributed by atoms with Crippen LogP contribution in [0.15, 0.2) is 18.2 Å². The van der Waals surface area contributed by atoms with E-state index in [0.29, 0.717) is 26.1 Å². The minimum atomic E-state index is -0.570. The highest BCUT2D eigenvalue weighted by atomic mass is 16.7. The van der Waals surface area contributed by atoms with Gasteiger partial charge in [-0.15, -0.1) is 0 Å². The van der Waals surface area contributed by atoms with E-state index in [0.717, 1.165) is 49.5 Å². The van der Waals surface area contributed by atoms with Crippen molar-refractivity contribution >= 4 is 5.91 Å². The van der Waals surface area contributed by atoms with E-state index < -0.39 is 6.10 Å². The van der Waals surface area contributed by atoms with E-state index in [1.165, 1.54) is 0 Å². The zero-order valence-electron chi connectivity index (χ0n) is 14.9. The van der Waals surface area contributed by atoms with E-state index in [2.05, 4.69) is 0 Å². The number of ether oxygens (including phenoxy) is 2. The Labute approximate surface area is 153 Å². The second-order valence-corrected chi connectivity index (χ2v) is 7.13. The zero-order chi connectivity index (χ0) is 17.9. The maximum Gasteiger partial charge on any atom is 0.231 e. The Kier molecular flexibility index (Phi) is 5.28. The minimum Gasteiger partial charge on any atom is -0.454 e. The molecule has 2 fully saturated rings. The van der Waals surface area contributed by atoms with Gasteiger partial charge in [0.15, 0.2) is 11.5 Å². The van der Waals surface area contributed by atoms with E-state index in [4.69, 9.17) is 14.3 Å². The summed E-state index contributed by atoms with van der Waals surface area (Å²) in [7, 11) is 0. The van der Waals surface area contributed by atoms with Crippen molar-refractivity contribution in [3.63, 3.8) is 0 Å². The summed E-state index contributed by atoms with van der Waals surface area (Å²) in [6.45, 7) is 3.54. The normalized spacial score (nSPS) is 26.1. The number of aliphatic hydroxyl groups is 1. The molecule has 0 aromatic heterocycles. The van der Waals surface area contributed by atoms with Crippen LogP contribution in [0.1, 0.15) is 37.2 Å². The number of carbonyl (C=O) groups is 1. The number of likely N-dealkylation sites (tertiary alicyclic amines) is 1. The lowest BCUT2D eigenvalue weighted by atomic mass is 9.87. The Bertz CT molecular complexity index is 647. The van der Waals surface area contributed by atoms with Crippen molar-refractivity contribution in [3.8, 4) is 11.5 Å². The van der Waals surface area contributed by atoms with Gasteiger partial charge in [0.05, 0.1) is 12.7 Å². The lowest BCUT2D eigenvalue weighted by molar-refractivity contribution is -0.183. The Hall–Kier alpha value is -1.83. The number of rotatable bonds is 4. The molecule has 0 saturated carbocycles. The average molecular weight is 362 g/mol. The van der Waals surface area contributed by atoms with Gasteiger partial charge in [0.2, 0.25) is 12.7 Å². The van der Waals surface area contributed by atoms with Crippen molar-refractivity contribution in [2.75, 3.05) is 39.6 Å². The molecule has 0 unspecified atom stereocenters. The third-order valence-electron chi connectivity index (χ3n) is 5.41. The fourth-order valence-electron chi connectivity index (χ4n) is 3.89. The summed E-state index contributed by atoms with van der Waals surface area (Å²) in [4.78, 5) is 19.8. The van der Waals surface area contributed by atoms with Gasteiger partial charge in [-0.2, -0.15) is 5.06 Å². The molecule has 26 heavy (non-hydrogen) atoms. The van der Waals surface area contributed by atoms with Crippen molar-refractivity contribution in [2.24, 2.45) is 0 Å². The summed E-state index contributed by atoms with van der Waals surface area (Å²) >= 11 is 0. The van der Waals surface area contributed by atoms with Gasteiger partial charge >= 0.3 is 0 Å². The number of fused-ring (bicyclic) bond motifs is 1. The minimum absolute atomic E-state index is 0.0129. The Morgan fingerprint density at radius 3 is 2.88 bits per heavy atom. The van der Waals surface area contributed by atoms with E-state index in [9.17, 15) is 9.90 Å². The number of nitrogens with zero attached hydrogens (tertiary/aromatic N) is 2. The molecule has 142 valence electrons. The van der Waals surface area contributed by atoms with Crippen LogP contribution < -0.4 is 9.47 Å². The number of amides is 1. The fourth-order valence-corrected chi connectivity index (χ4v) is 3.89. The smallest absolute Gasteiger partial charge is 0.231 e. The van der Waals surface area contributed by atoms with Crippen molar-refractivity contribution in [1.29, 1.82) is 0 Å². The predicted octanol–water partition coefficient (Wildman–Crippen LogP) is 1.51. The van der Waals surface area contributed by atoms with Gasteiger partial charge in [-0.3, -0.25) is 9.63 Å². The van der Waals surface area contributed by atoms with Crippen LogP contribution in [0.25, 0.3) is 0 Å². The number of aliphatic hydroxyl groups excluding tert-OH is 1. The summed E-state index contributed by atoms with van der Waals surface area (Å²) < 4.78 is 10.8. The molecular formula is C19H26N2O5. The van der Waals surface area contributed by atoms with Gasteiger partial charge in [0.25, 0.3) is 0 Å². The summed E-state index contributed by atoms with van der Waals surface area (Å²) in [5.74, 6) is 1.58. The van der Waals surface area contributed by atoms with Gasteiger partial charge in [0, 0.05) is 38.5 Å². The molecule has 2 saturated heterocycles. The quantitative estimate of drug-likeness (QED) is 0.875. The summed E-state index contributed by atoms with van der Waals surface area (Å²) in [5.41, 5.74) is 1.04. The zero-order valence-corrected chi connectivity index (χ0v) is 14.9. The third-order valence-corrected chi connectivity index (χ3v) is 5.41. The summed E-state index contributed by atoms with van der Waals surface area (Å²) in [5, 5.41) is 12.5. The number of hydroxylamine groups is 2. The van der Waals surface area contributed by atoms with E-state index in [-0.39, 0.29) is 18.6 Å². The number of piperidine rings is 1. The number of hydrogen-bond donors (Lipinski definition) is 1. The predicted molar refractivity (Wildman–Crippen MR) is 93.9 cm³/mol. The first kappa shape index (κ1) is 17.6. The maximum absolute atomic E-state index is 12.5. The van der Waals surface area contributed by atoms with Crippen LogP contribution in [0.2, 0.25) is 0 Å². The lowest BCUT2D eigenvalue weighted by Crippen LogP contribution is -2.46. The second-order valence-electron chi connectivity index (χ2n) is 7.13. The maximum atomic E-state index is 12.5. The molecule has 7 nitrogen and oxygen atoms in total. The first-order chi connectivity index (χ1) is 12.7. The highest BCUT2D eigenvalue weighted by Crippen LogP contribution is 2.37. The van der Waals surface area contributed by atoms with Crippen LogP contribution >= 0.6 is 0 Å². The monoisotopic (exact) mass is 362 g/mol. The van der Waals surface area contributed by atoms with Crippen LogP contribution in [0.5, 0.6) is 11.5 Å². The standard InChI is InChI=1S/C19H26N2O5/c22-16-12-20(19(23)6-9-21-7-1-2-10-26-21)8-5-15(16)14-3-4-17-18(11-14)25-13-24-17/h3-4,11,15-16,22H,1-2,5-10,12-13H2/t15-,16+/m0/s1. The second kappa shape index (κ2) is 7.82. The molecule has 0 radical (unpaired) electrons. The summed E-state index contributed by atoms with van der Waals surface area (Å²) in [6.07, 6.45) is 2.81. The van der Waals surface area contributed by atoms with Gasteiger partial charge in [-0.05, 0) is 37.0 Å². The molecule has 1 aromatic carbocycles. The Morgan fingerprint density at radius 2 is 2.08 bits per heavy atom. The average Bonchev–Trinajstić information content (AvgIpc) is 3.14. The number of β-amino-alcohol motifs (C(OH)–C–C–N with tert-alkyl or cyclic N) is 1. The molecule has 3 heterocycles. The molecule has 7 heteroatoms. The van der Waals surface area contributed by atoms with Crippen molar-refractivity contribution in [1.82, 2.24) is 9.96 Å². The van der Waals surface area contributed by atoms with Crippen molar-refractivity contribution in [3.05, 3.63) is 23.8 Å². The molecule has 2 atom stereocenters. The molecular weight excluding hydrogens is 336 g/mol. The van der Waals surface area contributed by atoms with E-state index in [1.54, 1.807) is 4.90 Å². The van der Waals surface area contributed by atoms with Gasteiger partial charge < -0.3 is 19.5 Å². The van der Waals surface area contributed by atoms with Gasteiger partial charge in [-0.25, -0.2) is 0 Å². The molecule has 3 aliphatic rings. The van der Waals surface area contributed by atoms with Gasteiger partial charge in [0.1, 0.15) is 0 Å². The van der Waals surface area contributed by atoms with Gasteiger partial charge in [-0.1, -0.05) is 6.07 Å². The van der Waals surface area contributed by atoms with Crippen LogP contribution in [-0.4, -0.2) is 66.7 Å². The number of hydrogen-bond acceptors (Lipinski definition) is 6. The highest BCUT2D eigenvalue weighted by Gasteiger charge is 2.32. The molecule has 4 rings (SSSR count). The van der Waals surface area contributed by atoms with Crippen molar-refractivity contribution < 1.29 is 24.2 Å². The van der Waals surface area contributed by atoms with Crippen LogP contribution in [0.3, 0.4) is 0 Å². The Morgan fingerprint density at radius 1 is 1.19 bits per heavy atom. The molecule has 1 N–H and O–H groups in total. The lowest BCUT2D eigenvalue weighted by Gasteiger charge is -2.36. The molecule has 0 spiro atoms. The Balaban J connectivity index is 1.30. The van der Waals surface area contributed by atoms with Crippen LogP contribution in [0, 0.1) is 0 Å². The summed E-state index contributed by atoms with van der Waals surface area (Å²) in [6, 6.07) is 5.81. The highest BCUT2D eigenvalue weighted by molar-refractivity contribution is 5.76. The topological polar surface area (TPSA) is 71.5 Å². The number of carbonyl (C=O) groups excluding carboxylic acids is 1.